The number of nitro benzene ring substituents is 1. The molecule has 0 aliphatic carbocycles. The lowest BCUT2D eigenvalue weighted by atomic mass is 10.2. The van der Waals surface area contributed by atoms with Gasteiger partial charge in [0.05, 0.1) is 4.92 Å². The fourth-order valence-electron chi connectivity index (χ4n) is 1.46. The van der Waals surface area contributed by atoms with Crippen LogP contribution in [0.15, 0.2) is 30.6 Å². The Hall–Kier alpha value is -2.39. The highest BCUT2D eigenvalue weighted by atomic mass is 35.5. The van der Waals surface area contributed by atoms with Gasteiger partial charge in [0.25, 0.3) is 0 Å². The number of benzene rings is 1. The summed E-state index contributed by atoms with van der Waals surface area (Å²) in [6.45, 7) is 0. The smallest absolute Gasteiger partial charge is 0.285 e. The molecule has 0 N–H and O–H groups in total. The van der Waals surface area contributed by atoms with Crippen molar-refractivity contribution in [3.05, 3.63) is 51.6 Å². The fraction of sp³-hybridized carbons (Fsp3) is 0. The Bertz CT molecular complexity index is 629. The molecule has 7 heteroatoms. The van der Waals surface area contributed by atoms with E-state index >= 15 is 0 Å². The molecule has 1 heterocycles. The number of imidazole rings is 1. The molecule has 0 atom stereocenters. The number of nitrogens with zero attached hydrogens (tertiary/aromatic N) is 4. The van der Waals surface area contributed by atoms with Gasteiger partial charge in [-0.2, -0.15) is 5.26 Å². The predicted molar refractivity (Wildman–Crippen MR) is 59.9 cm³/mol. The number of aromatic nitrogens is 2. The van der Waals surface area contributed by atoms with Gasteiger partial charge >= 0.3 is 5.69 Å². The van der Waals surface area contributed by atoms with Crippen LogP contribution in [0, 0.1) is 21.4 Å². The average molecular weight is 249 g/mol. The molecule has 0 bridgehead atoms. The minimum absolute atomic E-state index is 0.0186. The molecule has 0 aliphatic heterocycles. The van der Waals surface area contributed by atoms with E-state index in [-0.39, 0.29) is 22.2 Å². The van der Waals surface area contributed by atoms with Gasteiger partial charge in [-0.05, 0) is 12.1 Å². The van der Waals surface area contributed by atoms with Crippen molar-refractivity contribution in [1.82, 2.24) is 9.55 Å². The SMILES string of the molecule is N#Cc1nccn1-c1cccc(Cl)c1[N+](=O)[O-]. The molecular weight excluding hydrogens is 244 g/mol. The first-order valence-electron chi connectivity index (χ1n) is 4.52. The molecule has 0 aliphatic rings. The number of rotatable bonds is 2. The lowest BCUT2D eigenvalue weighted by molar-refractivity contribution is -0.384. The lowest BCUT2D eigenvalue weighted by Crippen LogP contribution is -2.02. The van der Waals surface area contributed by atoms with E-state index < -0.39 is 4.92 Å². The van der Waals surface area contributed by atoms with Gasteiger partial charge in [0.1, 0.15) is 16.8 Å². The summed E-state index contributed by atoms with van der Waals surface area (Å²) in [5.74, 6) is 0.0652. The van der Waals surface area contributed by atoms with Crippen molar-refractivity contribution in [3.63, 3.8) is 0 Å². The minimum Gasteiger partial charge on any atom is -0.285 e. The zero-order valence-electron chi connectivity index (χ0n) is 8.37. The number of nitro groups is 1. The van der Waals surface area contributed by atoms with Gasteiger partial charge in [-0.25, -0.2) is 4.98 Å². The molecule has 0 saturated carbocycles. The second-order valence-corrected chi connectivity index (χ2v) is 3.50. The zero-order valence-corrected chi connectivity index (χ0v) is 9.13. The largest absolute Gasteiger partial charge is 0.311 e. The number of hydrogen-bond donors (Lipinski definition) is 0. The number of hydrogen-bond acceptors (Lipinski definition) is 4. The van der Waals surface area contributed by atoms with Crippen LogP contribution in [0.1, 0.15) is 5.82 Å². The molecule has 0 unspecified atom stereocenters. The van der Waals surface area contributed by atoms with Crippen LogP contribution in [0.3, 0.4) is 0 Å². The summed E-state index contributed by atoms with van der Waals surface area (Å²) in [5.41, 5.74) is -0.0276. The van der Waals surface area contributed by atoms with Crippen molar-refractivity contribution in [3.8, 4) is 11.8 Å². The Morgan fingerprint density at radius 2 is 2.29 bits per heavy atom. The maximum Gasteiger partial charge on any atom is 0.311 e. The van der Waals surface area contributed by atoms with E-state index in [4.69, 9.17) is 16.9 Å². The molecule has 2 rings (SSSR count). The van der Waals surface area contributed by atoms with Crippen LogP contribution in [0.2, 0.25) is 5.02 Å². The topological polar surface area (TPSA) is 84.8 Å². The maximum absolute atomic E-state index is 10.9. The quantitative estimate of drug-likeness (QED) is 0.603. The van der Waals surface area contributed by atoms with Crippen LogP contribution in [0.25, 0.3) is 5.69 Å². The van der Waals surface area contributed by atoms with Crippen molar-refractivity contribution >= 4 is 17.3 Å². The summed E-state index contributed by atoms with van der Waals surface area (Å²) in [6.07, 6.45) is 2.86. The second kappa shape index (κ2) is 4.23. The van der Waals surface area contributed by atoms with Gasteiger partial charge in [-0.15, -0.1) is 0 Å². The molecule has 0 amide bonds. The van der Waals surface area contributed by atoms with E-state index in [1.807, 2.05) is 6.07 Å². The van der Waals surface area contributed by atoms with Crippen molar-refractivity contribution in [1.29, 1.82) is 5.26 Å². The van der Waals surface area contributed by atoms with E-state index in [0.717, 1.165) is 0 Å². The molecule has 17 heavy (non-hydrogen) atoms. The van der Waals surface area contributed by atoms with Crippen molar-refractivity contribution in [2.24, 2.45) is 0 Å². The minimum atomic E-state index is -0.585. The summed E-state index contributed by atoms with van der Waals surface area (Å²) in [6, 6.07) is 6.35. The first kappa shape index (κ1) is 11.1. The van der Waals surface area contributed by atoms with Crippen molar-refractivity contribution < 1.29 is 4.92 Å². The Morgan fingerprint density at radius 1 is 1.53 bits per heavy atom. The third-order valence-corrected chi connectivity index (χ3v) is 2.45. The lowest BCUT2D eigenvalue weighted by Gasteiger charge is -2.05. The van der Waals surface area contributed by atoms with E-state index in [2.05, 4.69) is 4.98 Å². The highest BCUT2D eigenvalue weighted by Crippen LogP contribution is 2.31. The van der Waals surface area contributed by atoms with Gasteiger partial charge in [0, 0.05) is 12.4 Å². The van der Waals surface area contributed by atoms with Crippen LogP contribution >= 0.6 is 11.6 Å². The zero-order chi connectivity index (χ0) is 12.4. The highest BCUT2D eigenvalue weighted by molar-refractivity contribution is 6.33. The predicted octanol–water partition coefficient (Wildman–Crippen LogP) is 2.31. The Balaban J connectivity index is 2.73. The Labute approximate surface area is 101 Å². The van der Waals surface area contributed by atoms with Gasteiger partial charge < -0.3 is 0 Å². The molecular formula is C10H5ClN4O2. The van der Waals surface area contributed by atoms with Crippen molar-refractivity contribution in [2.45, 2.75) is 0 Å². The molecule has 0 saturated heterocycles. The van der Waals surface area contributed by atoms with Crippen LogP contribution in [0.4, 0.5) is 5.69 Å². The van der Waals surface area contributed by atoms with Crippen LogP contribution in [-0.4, -0.2) is 14.5 Å². The molecule has 6 nitrogen and oxygen atoms in total. The van der Waals surface area contributed by atoms with Gasteiger partial charge in [0.15, 0.2) is 0 Å². The maximum atomic E-state index is 10.9. The number of nitriles is 1. The molecule has 0 fully saturated rings. The average Bonchev–Trinajstić information content (AvgIpc) is 2.75. The Kier molecular flexibility index (Phi) is 2.77. The first-order valence-corrected chi connectivity index (χ1v) is 4.89. The molecule has 2 aromatic rings. The summed E-state index contributed by atoms with van der Waals surface area (Å²) in [4.78, 5) is 14.1. The van der Waals surface area contributed by atoms with Gasteiger partial charge in [-0.3, -0.25) is 14.7 Å². The van der Waals surface area contributed by atoms with Gasteiger partial charge in [0.2, 0.25) is 5.82 Å². The third kappa shape index (κ3) is 1.84. The van der Waals surface area contributed by atoms with Crippen LogP contribution < -0.4 is 0 Å². The van der Waals surface area contributed by atoms with E-state index in [1.54, 1.807) is 6.07 Å². The summed E-state index contributed by atoms with van der Waals surface area (Å²) >= 11 is 5.78. The van der Waals surface area contributed by atoms with Crippen LogP contribution in [0.5, 0.6) is 0 Å². The number of para-hydroxylation sites is 1. The van der Waals surface area contributed by atoms with E-state index in [0.29, 0.717) is 0 Å². The molecule has 1 aromatic carbocycles. The molecule has 0 spiro atoms. The highest BCUT2D eigenvalue weighted by Gasteiger charge is 2.21. The van der Waals surface area contributed by atoms with Gasteiger partial charge in [-0.1, -0.05) is 17.7 Å². The van der Waals surface area contributed by atoms with E-state index in [9.17, 15) is 10.1 Å². The number of halogens is 1. The summed E-state index contributed by atoms with van der Waals surface area (Å²) in [5, 5.41) is 19.8. The van der Waals surface area contributed by atoms with Crippen LogP contribution in [-0.2, 0) is 0 Å². The first-order chi connectivity index (χ1) is 8.15. The Morgan fingerprint density at radius 3 is 2.94 bits per heavy atom. The molecule has 1 aromatic heterocycles. The normalized spacial score (nSPS) is 9.88. The molecule has 0 radical (unpaired) electrons. The molecule has 84 valence electrons. The third-order valence-electron chi connectivity index (χ3n) is 2.15. The fourth-order valence-corrected chi connectivity index (χ4v) is 1.70. The monoisotopic (exact) mass is 248 g/mol. The summed E-state index contributed by atoms with van der Waals surface area (Å²) in [7, 11) is 0. The van der Waals surface area contributed by atoms with Crippen molar-refractivity contribution in [2.75, 3.05) is 0 Å². The second-order valence-electron chi connectivity index (χ2n) is 3.10. The standard InChI is InChI=1S/C10H5ClN4O2/c11-7-2-1-3-8(10(7)15(16)17)14-5-4-13-9(14)6-12/h1-5H. The van der Waals surface area contributed by atoms with E-state index in [1.165, 1.54) is 29.1 Å². The summed E-state index contributed by atoms with van der Waals surface area (Å²) < 4.78 is 1.32.